The number of ether oxygens (including phenoxy) is 1. The molecule has 4 aliphatic carbocycles. The Morgan fingerprint density at radius 3 is 2.30 bits per heavy atom. The third-order valence-electron chi connectivity index (χ3n) is 7.74. The summed E-state index contributed by atoms with van der Waals surface area (Å²) < 4.78 is 11.7. The van der Waals surface area contributed by atoms with Crippen molar-refractivity contribution in [2.75, 3.05) is 0 Å². The van der Waals surface area contributed by atoms with E-state index in [0.29, 0.717) is 24.0 Å². The first-order chi connectivity index (χ1) is 14.5. The Balaban J connectivity index is 1.18. The average molecular weight is 408 g/mol. The maximum Gasteiger partial charge on any atom is 0.287 e. The third-order valence-corrected chi connectivity index (χ3v) is 7.74. The van der Waals surface area contributed by atoms with Crippen LogP contribution in [0.5, 0.6) is 5.75 Å². The summed E-state index contributed by atoms with van der Waals surface area (Å²) in [7, 11) is 0. The number of carbonyl (C=O) groups is 1. The van der Waals surface area contributed by atoms with Crippen LogP contribution in [0.3, 0.4) is 0 Å². The van der Waals surface area contributed by atoms with Gasteiger partial charge in [-0.25, -0.2) is 0 Å². The van der Waals surface area contributed by atoms with E-state index in [4.69, 9.17) is 9.15 Å². The number of nitrogens with one attached hydrogen (secondary N) is 1. The molecule has 30 heavy (non-hydrogen) atoms. The number of carbonyl (C=O) groups excluding carboxylic acids is 1. The number of hydrogen-bond acceptors (Lipinski definition) is 3. The van der Waals surface area contributed by atoms with E-state index in [-0.39, 0.29) is 11.4 Å². The highest BCUT2D eigenvalue weighted by molar-refractivity contribution is 5.92. The van der Waals surface area contributed by atoms with Gasteiger partial charge in [-0.1, -0.05) is 26.0 Å². The molecule has 160 valence electrons. The van der Waals surface area contributed by atoms with Gasteiger partial charge in [0.1, 0.15) is 18.1 Å². The van der Waals surface area contributed by atoms with Crippen LogP contribution in [0.15, 0.2) is 40.8 Å². The molecule has 1 heterocycles. The van der Waals surface area contributed by atoms with Gasteiger partial charge in [-0.05, 0) is 98.4 Å². The second-order valence-electron chi connectivity index (χ2n) is 10.1. The fourth-order valence-electron chi connectivity index (χ4n) is 6.43. The Kier molecular flexibility index (Phi) is 5.12. The van der Waals surface area contributed by atoms with Crippen molar-refractivity contribution in [2.45, 2.75) is 76.9 Å². The minimum absolute atomic E-state index is 0.00661. The maximum atomic E-state index is 12.9. The zero-order valence-electron chi connectivity index (χ0n) is 18.2. The predicted molar refractivity (Wildman–Crippen MR) is 117 cm³/mol. The molecule has 1 amide bonds. The van der Waals surface area contributed by atoms with Crippen LogP contribution >= 0.6 is 0 Å². The van der Waals surface area contributed by atoms with E-state index in [1.807, 2.05) is 18.2 Å². The highest BCUT2D eigenvalue weighted by Gasteiger charge is 2.51. The Bertz CT molecular complexity index is 862. The van der Waals surface area contributed by atoms with E-state index >= 15 is 0 Å². The molecule has 4 heteroatoms. The van der Waals surface area contributed by atoms with Crippen molar-refractivity contribution >= 4 is 5.91 Å². The van der Waals surface area contributed by atoms with Crippen molar-refractivity contribution in [1.82, 2.24) is 5.32 Å². The van der Waals surface area contributed by atoms with Gasteiger partial charge in [0.25, 0.3) is 5.91 Å². The number of hydrogen-bond donors (Lipinski definition) is 1. The smallest absolute Gasteiger partial charge is 0.287 e. The molecule has 0 saturated heterocycles. The standard InChI is InChI=1S/C26H33NO3/c1-3-17(2)21-4-6-22(7-5-21)29-16-23-8-9-24(30-23)25(28)27-26-13-18-10-19(14-26)12-20(11-18)15-26/h4-9,17-20H,3,10-16H2,1-2H3,(H,27,28). The van der Waals surface area contributed by atoms with Crippen LogP contribution in [-0.4, -0.2) is 11.4 Å². The van der Waals surface area contributed by atoms with E-state index < -0.39 is 0 Å². The molecule has 0 radical (unpaired) electrons. The van der Waals surface area contributed by atoms with Crippen LogP contribution in [0, 0.1) is 17.8 Å². The lowest BCUT2D eigenvalue weighted by Gasteiger charge is -2.56. The first kappa shape index (κ1) is 19.7. The maximum absolute atomic E-state index is 12.9. The molecule has 4 nitrogen and oxygen atoms in total. The molecule has 6 rings (SSSR count). The van der Waals surface area contributed by atoms with Gasteiger partial charge in [0, 0.05) is 5.54 Å². The molecule has 1 aromatic carbocycles. The summed E-state index contributed by atoms with van der Waals surface area (Å²) in [4.78, 5) is 12.9. The van der Waals surface area contributed by atoms with Crippen LogP contribution in [0.2, 0.25) is 0 Å². The second-order valence-corrected chi connectivity index (χ2v) is 10.1. The highest BCUT2D eigenvalue weighted by Crippen LogP contribution is 2.55. The van der Waals surface area contributed by atoms with Crippen LogP contribution < -0.4 is 10.1 Å². The van der Waals surface area contributed by atoms with Crippen molar-refractivity contribution in [3.05, 3.63) is 53.5 Å². The van der Waals surface area contributed by atoms with Gasteiger partial charge in [-0.15, -0.1) is 0 Å². The van der Waals surface area contributed by atoms with E-state index in [1.165, 1.54) is 24.8 Å². The van der Waals surface area contributed by atoms with Gasteiger partial charge in [-0.3, -0.25) is 4.79 Å². The summed E-state index contributed by atoms with van der Waals surface area (Å²) in [5.74, 6) is 4.81. The monoisotopic (exact) mass is 407 g/mol. The number of furan rings is 1. The van der Waals surface area contributed by atoms with Crippen LogP contribution in [0.4, 0.5) is 0 Å². The second kappa shape index (κ2) is 7.79. The molecule has 2 aromatic rings. The minimum atomic E-state index is -0.0684. The third kappa shape index (κ3) is 3.89. The van der Waals surface area contributed by atoms with Crippen molar-refractivity contribution in [3.63, 3.8) is 0 Å². The molecule has 4 bridgehead atoms. The van der Waals surface area contributed by atoms with Crippen LogP contribution in [-0.2, 0) is 6.61 Å². The molecule has 1 atom stereocenters. The highest BCUT2D eigenvalue weighted by atomic mass is 16.5. The summed E-state index contributed by atoms with van der Waals surface area (Å²) in [5, 5.41) is 3.38. The summed E-state index contributed by atoms with van der Waals surface area (Å²) in [6.45, 7) is 4.75. The molecule has 1 aromatic heterocycles. The SMILES string of the molecule is CCC(C)c1ccc(OCc2ccc(C(=O)NC34CC5CC(CC(C5)C3)C4)o2)cc1. The molecule has 0 spiro atoms. The van der Waals surface area contributed by atoms with Crippen LogP contribution in [0.1, 0.15) is 86.6 Å². The minimum Gasteiger partial charge on any atom is -0.486 e. The molecular weight excluding hydrogens is 374 g/mol. The first-order valence-electron chi connectivity index (χ1n) is 11.7. The number of amides is 1. The van der Waals surface area contributed by atoms with Crippen molar-refractivity contribution < 1.29 is 13.9 Å². The van der Waals surface area contributed by atoms with Gasteiger partial charge in [0.15, 0.2) is 5.76 Å². The number of rotatable bonds is 7. The normalized spacial score (nSPS) is 30.3. The fraction of sp³-hybridized carbons (Fsp3) is 0.577. The summed E-state index contributed by atoms with van der Waals surface area (Å²) in [6, 6.07) is 11.9. The largest absolute Gasteiger partial charge is 0.486 e. The van der Waals surface area contributed by atoms with Crippen molar-refractivity contribution in [1.29, 1.82) is 0 Å². The van der Waals surface area contributed by atoms with Crippen LogP contribution in [0.25, 0.3) is 0 Å². The Morgan fingerprint density at radius 2 is 1.70 bits per heavy atom. The van der Waals surface area contributed by atoms with Crippen molar-refractivity contribution in [2.24, 2.45) is 17.8 Å². The molecule has 1 unspecified atom stereocenters. The summed E-state index contributed by atoms with van der Waals surface area (Å²) >= 11 is 0. The fourth-order valence-corrected chi connectivity index (χ4v) is 6.43. The van der Waals surface area contributed by atoms with Gasteiger partial charge in [0.05, 0.1) is 0 Å². The Labute approximate surface area is 179 Å². The predicted octanol–water partition coefficient (Wildman–Crippen LogP) is 6.07. The van der Waals surface area contributed by atoms with Crippen molar-refractivity contribution in [3.8, 4) is 5.75 Å². The Morgan fingerprint density at radius 1 is 1.07 bits per heavy atom. The van der Waals surface area contributed by atoms with Gasteiger partial charge < -0.3 is 14.5 Å². The first-order valence-corrected chi connectivity index (χ1v) is 11.7. The lowest BCUT2D eigenvalue weighted by Crippen LogP contribution is -2.59. The zero-order chi connectivity index (χ0) is 20.7. The summed E-state index contributed by atoms with van der Waals surface area (Å²) in [6.07, 6.45) is 8.68. The quantitative estimate of drug-likeness (QED) is 0.606. The lowest BCUT2D eigenvalue weighted by molar-refractivity contribution is -0.0171. The molecule has 1 N–H and O–H groups in total. The number of benzene rings is 1. The van der Waals surface area contributed by atoms with Gasteiger partial charge >= 0.3 is 0 Å². The van der Waals surface area contributed by atoms with E-state index in [9.17, 15) is 4.79 Å². The molecule has 4 aliphatic rings. The summed E-state index contributed by atoms with van der Waals surface area (Å²) in [5.41, 5.74) is 1.33. The van der Waals surface area contributed by atoms with Gasteiger partial charge in [-0.2, -0.15) is 0 Å². The lowest BCUT2D eigenvalue weighted by atomic mass is 9.53. The van der Waals surface area contributed by atoms with E-state index in [0.717, 1.165) is 49.2 Å². The Hall–Kier alpha value is -2.23. The van der Waals surface area contributed by atoms with Gasteiger partial charge in [0.2, 0.25) is 0 Å². The molecule has 4 fully saturated rings. The van der Waals surface area contributed by atoms with E-state index in [1.54, 1.807) is 6.07 Å². The molecule has 4 saturated carbocycles. The topological polar surface area (TPSA) is 51.5 Å². The zero-order valence-corrected chi connectivity index (χ0v) is 18.2. The molecular formula is C26H33NO3. The molecule has 0 aliphatic heterocycles. The average Bonchev–Trinajstić information content (AvgIpc) is 3.20. The van der Waals surface area contributed by atoms with E-state index in [2.05, 4.69) is 31.3 Å².